The largest absolute Gasteiger partial charge is 0.497 e. The number of hydrogen-bond donors (Lipinski definition) is 0. The molecule has 0 aliphatic heterocycles. The lowest BCUT2D eigenvalue weighted by molar-refractivity contribution is -0.137. The maximum absolute atomic E-state index is 13.2. The summed E-state index contributed by atoms with van der Waals surface area (Å²) in [6, 6.07) is 22.0. The van der Waals surface area contributed by atoms with E-state index in [1.54, 1.807) is 38.5 Å². The molecule has 0 saturated carbocycles. The first-order chi connectivity index (χ1) is 17.8. The Balaban J connectivity index is 1.77. The van der Waals surface area contributed by atoms with Gasteiger partial charge in [-0.25, -0.2) is 4.98 Å². The Morgan fingerprint density at radius 1 is 0.892 bits per heavy atom. The Labute approximate surface area is 210 Å². The van der Waals surface area contributed by atoms with Crippen LogP contribution in [0.15, 0.2) is 72.8 Å². The van der Waals surface area contributed by atoms with Crippen molar-refractivity contribution in [2.75, 3.05) is 14.2 Å². The van der Waals surface area contributed by atoms with Gasteiger partial charge in [0.25, 0.3) is 0 Å². The van der Waals surface area contributed by atoms with E-state index in [2.05, 4.69) is 6.07 Å². The topological polar surface area (TPSA) is 59.5 Å². The summed E-state index contributed by atoms with van der Waals surface area (Å²) in [6.45, 7) is 0. The normalized spacial score (nSPS) is 11.8. The molecule has 5 nitrogen and oxygen atoms in total. The highest BCUT2D eigenvalue weighted by Crippen LogP contribution is 2.35. The van der Waals surface area contributed by atoms with Crippen LogP contribution in [0.2, 0.25) is 0 Å². The van der Waals surface area contributed by atoms with Gasteiger partial charge in [-0.2, -0.15) is 18.4 Å². The molecular weight excluding hydrogens is 479 g/mol. The molecule has 2 heterocycles. The van der Waals surface area contributed by atoms with Crippen LogP contribution in [-0.2, 0) is 6.18 Å². The highest BCUT2D eigenvalue weighted by atomic mass is 19.4. The predicted octanol–water partition coefficient (Wildman–Crippen LogP) is 7.23. The number of hydrogen-bond acceptors (Lipinski definition) is 4. The van der Waals surface area contributed by atoms with E-state index in [1.807, 2.05) is 46.9 Å². The van der Waals surface area contributed by atoms with Crippen LogP contribution < -0.4 is 9.47 Å². The van der Waals surface area contributed by atoms with Gasteiger partial charge in [0, 0.05) is 11.6 Å². The Bertz CT molecular complexity index is 1690. The molecule has 0 spiro atoms. The van der Waals surface area contributed by atoms with Crippen LogP contribution in [0.4, 0.5) is 13.2 Å². The fraction of sp³-hybridized carbons (Fsp3) is 0.103. The van der Waals surface area contributed by atoms with Crippen LogP contribution in [-0.4, -0.2) is 23.6 Å². The molecular formula is C29H20F3N3O2. The molecule has 8 heteroatoms. The van der Waals surface area contributed by atoms with Crippen molar-refractivity contribution in [2.45, 2.75) is 6.18 Å². The summed E-state index contributed by atoms with van der Waals surface area (Å²) in [5.74, 6) is 1.16. The lowest BCUT2D eigenvalue weighted by atomic mass is 10.0. The molecule has 0 fully saturated rings. The summed E-state index contributed by atoms with van der Waals surface area (Å²) in [6.07, 6.45) is -1.26. The van der Waals surface area contributed by atoms with Crippen LogP contribution in [0.25, 0.3) is 40.1 Å². The highest BCUT2D eigenvalue weighted by molar-refractivity contribution is 5.89. The second kappa shape index (κ2) is 9.36. The van der Waals surface area contributed by atoms with Crippen molar-refractivity contribution in [1.29, 1.82) is 5.26 Å². The monoisotopic (exact) mass is 499 g/mol. The first-order valence-corrected chi connectivity index (χ1v) is 11.3. The molecule has 0 aliphatic rings. The minimum atomic E-state index is -4.45. The van der Waals surface area contributed by atoms with Gasteiger partial charge in [0.05, 0.1) is 36.5 Å². The van der Waals surface area contributed by atoms with Crippen molar-refractivity contribution in [1.82, 2.24) is 9.38 Å². The quantitative estimate of drug-likeness (QED) is 0.256. The van der Waals surface area contributed by atoms with Gasteiger partial charge in [-0.05, 0) is 53.6 Å². The van der Waals surface area contributed by atoms with Crippen LogP contribution in [0, 0.1) is 11.3 Å². The van der Waals surface area contributed by atoms with E-state index < -0.39 is 11.7 Å². The second-order valence-corrected chi connectivity index (χ2v) is 8.29. The number of pyridine rings is 1. The lowest BCUT2D eigenvalue weighted by Gasteiger charge is -2.13. The third-order valence-electron chi connectivity index (χ3n) is 6.03. The SMILES string of the molecule is COc1cc(OC)cc(-c2cc(C=Cc3cccc(C(F)(F)F)c3)c(C#N)c3nc4ccccc4n23)c1. The zero-order valence-electron chi connectivity index (χ0n) is 19.9. The number of rotatable bonds is 5. The molecule has 0 aliphatic carbocycles. The molecule has 0 radical (unpaired) electrons. The molecule has 2 aromatic heterocycles. The molecule has 0 atom stereocenters. The van der Waals surface area contributed by atoms with Crippen molar-refractivity contribution >= 4 is 28.8 Å². The number of benzene rings is 3. The number of alkyl halides is 3. The van der Waals surface area contributed by atoms with Gasteiger partial charge in [0.1, 0.15) is 23.1 Å². The number of methoxy groups -OCH3 is 2. The Hall–Kier alpha value is -4.77. The summed E-state index contributed by atoms with van der Waals surface area (Å²) >= 11 is 0. The van der Waals surface area contributed by atoms with Crippen molar-refractivity contribution in [2.24, 2.45) is 0 Å². The zero-order chi connectivity index (χ0) is 26.2. The van der Waals surface area contributed by atoms with Gasteiger partial charge in [0.2, 0.25) is 0 Å². The van der Waals surface area contributed by atoms with Gasteiger partial charge in [-0.1, -0.05) is 36.4 Å². The Morgan fingerprint density at radius 2 is 1.62 bits per heavy atom. The van der Waals surface area contributed by atoms with E-state index in [9.17, 15) is 18.4 Å². The maximum atomic E-state index is 13.2. The van der Waals surface area contributed by atoms with E-state index in [1.165, 1.54) is 6.07 Å². The number of aromatic nitrogens is 2. The van der Waals surface area contributed by atoms with Crippen molar-refractivity contribution in [3.05, 3.63) is 95.1 Å². The summed E-state index contributed by atoms with van der Waals surface area (Å²) < 4.78 is 52.4. The molecule has 0 saturated heterocycles. The van der Waals surface area contributed by atoms with Gasteiger partial charge >= 0.3 is 6.18 Å². The third kappa shape index (κ3) is 4.47. The molecule has 3 aromatic carbocycles. The number of imidazole rings is 1. The van der Waals surface area contributed by atoms with Crippen LogP contribution >= 0.6 is 0 Å². The van der Waals surface area contributed by atoms with Gasteiger partial charge in [0.15, 0.2) is 5.65 Å². The summed E-state index contributed by atoms with van der Waals surface area (Å²) in [5.41, 5.74) is 3.84. The number of halogens is 3. The first-order valence-electron chi connectivity index (χ1n) is 11.3. The van der Waals surface area contributed by atoms with E-state index in [0.717, 1.165) is 23.2 Å². The maximum Gasteiger partial charge on any atom is 0.416 e. The fourth-order valence-corrected chi connectivity index (χ4v) is 4.27. The highest BCUT2D eigenvalue weighted by Gasteiger charge is 2.30. The summed E-state index contributed by atoms with van der Waals surface area (Å²) in [4.78, 5) is 4.71. The Morgan fingerprint density at radius 3 is 2.30 bits per heavy atom. The standard InChI is InChI=1S/C29H20F3N3O2/c1-36-22-13-20(14-23(16-22)37-2)27-15-19(11-10-18-6-5-7-21(12-18)29(30,31)32)24(17-33)28-34-25-8-3-4-9-26(25)35(27)28/h3-16H,1-2H3. The zero-order valence-corrected chi connectivity index (χ0v) is 19.9. The van der Waals surface area contributed by atoms with Crippen LogP contribution in [0.5, 0.6) is 11.5 Å². The molecule has 5 aromatic rings. The van der Waals surface area contributed by atoms with E-state index in [0.29, 0.717) is 45.0 Å². The van der Waals surface area contributed by atoms with E-state index in [4.69, 9.17) is 14.5 Å². The predicted molar refractivity (Wildman–Crippen MR) is 136 cm³/mol. The van der Waals surface area contributed by atoms with Crippen LogP contribution in [0.1, 0.15) is 22.3 Å². The molecule has 0 amide bonds. The molecule has 5 rings (SSSR count). The molecule has 184 valence electrons. The lowest BCUT2D eigenvalue weighted by Crippen LogP contribution is -2.04. The summed E-state index contributed by atoms with van der Waals surface area (Å²) in [5, 5.41) is 10.1. The van der Waals surface area contributed by atoms with Crippen molar-refractivity contribution in [3.63, 3.8) is 0 Å². The second-order valence-electron chi connectivity index (χ2n) is 8.29. The molecule has 37 heavy (non-hydrogen) atoms. The Kier molecular flexibility index (Phi) is 6.06. The number of para-hydroxylation sites is 2. The molecule has 0 unspecified atom stereocenters. The van der Waals surface area contributed by atoms with Gasteiger partial charge in [-0.15, -0.1) is 0 Å². The van der Waals surface area contributed by atoms with E-state index in [-0.39, 0.29) is 0 Å². The number of nitriles is 1. The van der Waals surface area contributed by atoms with E-state index >= 15 is 0 Å². The fourth-order valence-electron chi connectivity index (χ4n) is 4.27. The van der Waals surface area contributed by atoms with Gasteiger partial charge < -0.3 is 9.47 Å². The van der Waals surface area contributed by atoms with Crippen molar-refractivity contribution in [3.8, 4) is 28.8 Å². The number of nitrogens with zero attached hydrogens (tertiary/aromatic N) is 3. The molecule has 0 N–H and O–H groups in total. The number of fused-ring (bicyclic) bond motifs is 3. The number of ether oxygens (including phenoxy) is 2. The average Bonchev–Trinajstić information content (AvgIpc) is 3.30. The van der Waals surface area contributed by atoms with Crippen molar-refractivity contribution < 1.29 is 22.6 Å². The molecule has 0 bridgehead atoms. The van der Waals surface area contributed by atoms with Crippen LogP contribution in [0.3, 0.4) is 0 Å². The summed E-state index contributed by atoms with van der Waals surface area (Å²) in [7, 11) is 3.12. The van der Waals surface area contributed by atoms with Gasteiger partial charge in [-0.3, -0.25) is 4.40 Å². The average molecular weight is 499 g/mol. The third-order valence-corrected chi connectivity index (χ3v) is 6.03. The minimum absolute atomic E-state index is 0.304. The minimum Gasteiger partial charge on any atom is -0.497 e. The first kappa shape index (κ1) is 23.9. The smallest absolute Gasteiger partial charge is 0.416 e.